The number of aromatic nitrogens is 2. The van der Waals surface area contributed by atoms with Gasteiger partial charge in [0, 0.05) is 31.6 Å². The summed E-state index contributed by atoms with van der Waals surface area (Å²) in [6.07, 6.45) is 6.22. The normalized spacial score (nSPS) is 21.4. The predicted octanol–water partition coefficient (Wildman–Crippen LogP) is 0.810. The average molecular weight is 258 g/mol. The number of amides is 1. The molecule has 0 radical (unpaired) electrons. The van der Waals surface area contributed by atoms with Crippen molar-refractivity contribution in [1.29, 1.82) is 0 Å². The van der Waals surface area contributed by atoms with Crippen molar-refractivity contribution in [3.8, 4) is 0 Å². The summed E-state index contributed by atoms with van der Waals surface area (Å²) in [5.74, 6) is 0.0719. The molecule has 19 heavy (non-hydrogen) atoms. The molecule has 5 heteroatoms. The van der Waals surface area contributed by atoms with Crippen LogP contribution in [0.25, 0.3) is 0 Å². The van der Waals surface area contributed by atoms with E-state index >= 15 is 0 Å². The Morgan fingerprint density at radius 1 is 1.42 bits per heavy atom. The lowest BCUT2D eigenvalue weighted by atomic mass is 9.79. The van der Waals surface area contributed by atoms with Crippen molar-refractivity contribution in [3.63, 3.8) is 0 Å². The molecule has 2 saturated heterocycles. The lowest BCUT2D eigenvalue weighted by Crippen LogP contribution is -2.59. The van der Waals surface area contributed by atoms with Crippen LogP contribution in [0, 0.1) is 5.41 Å². The summed E-state index contributed by atoms with van der Waals surface area (Å²) in [6, 6.07) is 1.72. The van der Waals surface area contributed by atoms with Gasteiger partial charge in [0.15, 0.2) is 0 Å². The van der Waals surface area contributed by atoms with Gasteiger partial charge in [-0.15, -0.1) is 6.58 Å². The second kappa shape index (κ2) is 4.74. The van der Waals surface area contributed by atoms with Gasteiger partial charge in [-0.3, -0.25) is 9.69 Å². The summed E-state index contributed by atoms with van der Waals surface area (Å²) in [6.45, 7) is 8.65. The van der Waals surface area contributed by atoms with E-state index in [9.17, 15) is 4.79 Å². The maximum atomic E-state index is 12.2. The van der Waals surface area contributed by atoms with Crippen molar-refractivity contribution in [3.05, 3.63) is 36.7 Å². The molecule has 0 aromatic carbocycles. The van der Waals surface area contributed by atoms with Gasteiger partial charge in [-0.05, 0) is 19.0 Å². The average Bonchev–Trinajstić information content (AvgIpc) is 2.82. The molecule has 3 rings (SSSR count). The summed E-state index contributed by atoms with van der Waals surface area (Å²) in [5.41, 5.74) is 0.949. The van der Waals surface area contributed by atoms with Crippen LogP contribution in [0.15, 0.2) is 31.1 Å². The molecular weight excluding hydrogens is 240 g/mol. The van der Waals surface area contributed by atoms with Crippen LogP contribution in [-0.4, -0.2) is 58.6 Å². The van der Waals surface area contributed by atoms with Gasteiger partial charge in [-0.2, -0.15) is 10.2 Å². The summed E-state index contributed by atoms with van der Waals surface area (Å²) in [5, 5.41) is 7.45. The molecule has 3 heterocycles. The van der Waals surface area contributed by atoms with Crippen LogP contribution in [-0.2, 0) is 0 Å². The molecule has 2 aliphatic rings. The molecule has 2 aliphatic heterocycles. The Bertz CT molecular complexity index is 481. The Hall–Kier alpha value is -1.75. The summed E-state index contributed by atoms with van der Waals surface area (Å²) in [7, 11) is 0. The van der Waals surface area contributed by atoms with E-state index in [1.807, 2.05) is 11.0 Å². The SMILES string of the molecule is C=CCN1CCC2(C1)CN(C(=O)c1ccnnc1)C2. The zero-order valence-electron chi connectivity index (χ0n) is 11.0. The third-order valence-corrected chi connectivity index (χ3v) is 4.08. The molecule has 1 spiro atoms. The van der Waals surface area contributed by atoms with Crippen LogP contribution < -0.4 is 0 Å². The number of carbonyl (C=O) groups excluding carboxylic acids is 1. The Morgan fingerprint density at radius 2 is 2.26 bits per heavy atom. The van der Waals surface area contributed by atoms with Crippen LogP contribution in [0.5, 0.6) is 0 Å². The number of rotatable bonds is 3. The molecule has 1 aromatic rings. The second-order valence-electron chi connectivity index (χ2n) is 5.57. The molecular formula is C14H18N4O. The van der Waals surface area contributed by atoms with Crippen molar-refractivity contribution >= 4 is 5.91 Å². The van der Waals surface area contributed by atoms with Gasteiger partial charge in [-0.25, -0.2) is 0 Å². The Kier molecular flexibility index (Phi) is 3.06. The number of hydrogen-bond acceptors (Lipinski definition) is 4. The third-order valence-electron chi connectivity index (χ3n) is 4.08. The fraction of sp³-hybridized carbons (Fsp3) is 0.500. The first kappa shape index (κ1) is 12.3. The highest BCUT2D eigenvalue weighted by Crippen LogP contribution is 2.39. The third kappa shape index (κ3) is 2.26. The predicted molar refractivity (Wildman–Crippen MR) is 71.6 cm³/mol. The molecule has 1 amide bonds. The van der Waals surface area contributed by atoms with Gasteiger partial charge in [-0.1, -0.05) is 6.08 Å². The number of nitrogens with zero attached hydrogens (tertiary/aromatic N) is 4. The topological polar surface area (TPSA) is 49.3 Å². The summed E-state index contributed by atoms with van der Waals surface area (Å²) in [4.78, 5) is 16.5. The maximum Gasteiger partial charge on any atom is 0.255 e. The van der Waals surface area contributed by atoms with Crippen molar-refractivity contribution in [2.24, 2.45) is 5.41 Å². The molecule has 0 atom stereocenters. The lowest BCUT2D eigenvalue weighted by molar-refractivity contribution is 0.0112. The van der Waals surface area contributed by atoms with Gasteiger partial charge >= 0.3 is 0 Å². The van der Waals surface area contributed by atoms with E-state index in [1.54, 1.807) is 12.3 Å². The fourth-order valence-corrected chi connectivity index (χ4v) is 3.13. The van der Waals surface area contributed by atoms with Crippen LogP contribution in [0.4, 0.5) is 0 Å². The Balaban J connectivity index is 1.58. The lowest BCUT2D eigenvalue weighted by Gasteiger charge is -2.48. The number of hydrogen-bond donors (Lipinski definition) is 0. The van der Waals surface area contributed by atoms with Crippen LogP contribution in [0.1, 0.15) is 16.8 Å². The quantitative estimate of drug-likeness (QED) is 0.753. The molecule has 0 saturated carbocycles. The van der Waals surface area contributed by atoms with Crippen LogP contribution in [0.2, 0.25) is 0 Å². The minimum Gasteiger partial charge on any atom is -0.337 e. The van der Waals surface area contributed by atoms with E-state index < -0.39 is 0 Å². The first-order valence-corrected chi connectivity index (χ1v) is 6.62. The minimum absolute atomic E-state index is 0.0719. The fourth-order valence-electron chi connectivity index (χ4n) is 3.13. The van der Waals surface area contributed by atoms with E-state index in [0.29, 0.717) is 11.0 Å². The molecule has 0 aliphatic carbocycles. The van der Waals surface area contributed by atoms with Crippen LogP contribution >= 0.6 is 0 Å². The molecule has 2 fully saturated rings. The van der Waals surface area contributed by atoms with Gasteiger partial charge in [0.2, 0.25) is 0 Å². The zero-order valence-corrected chi connectivity index (χ0v) is 11.0. The largest absolute Gasteiger partial charge is 0.337 e. The van der Waals surface area contributed by atoms with E-state index in [1.165, 1.54) is 12.6 Å². The van der Waals surface area contributed by atoms with Gasteiger partial charge in [0.25, 0.3) is 5.91 Å². The first-order valence-electron chi connectivity index (χ1n) is 6.62. The zero-order chi connectivity index (χ0) is 13.3. The monoisotopic (exact) mass is 258 g/mol. The number of likely N-dealkylation sites (tertiary alicyclic amines) is 2. The first-order chi connectivity index (χ1) is 9.22. The standard InChI is InChI=1S/C14H18N4O/c1-2-6-17-7-4-14(9-17)10-18(11-14)13(19)12-3-5-15-16-8-12/h2-3,5,8H,1,4,6-7,9-11H2. The highest BCUT2D eigenvalue weighted by Gasteiger charge is 2.48. The maximum absolute atomic E-state index is 12.2. The van der Waals surface area contributed by atoms with Crippen molar-refractivity contribution in [2.45, 2.75) is 6.42 Å². The Labute approximate surface area is 112 Å². The van der Waals surface area contributed by atoms with Crippen LogP contribution in [0.3, 0.4) is 0 Å². The summed E-state index contributed by atoms with van der Waals surface area (Å²) < 4.78 is 0. The highest BCUT2D eigenvalue weighted by atomic mass is 16.2. The molecule has 0 unspecified atom stereocenters. The molecule has 5 nitrogen and oxygen atoms in total. The number of carbonyl (C=O) groups is 1. The molecule has 0 bridgehead atoms. The van der Waals surface area contributed by atoms with E-state index in [4.69, 9.17) is 0 Å². The minimum atomic E-state index is 0.0719. The van der Waals surface area contributed by atoms with Gasteiger partial charge in [0.1, 0.15) is 0 Å². The highest BCUT2D eigenvalue weighted by molar-refractivity contribution is 5.94. The molecule has 1 aromatic heterocycles. The van der Waals surface area contributed by atoms with E-state index in [2.05, 4.69) is 21.7 Å². The van der Waals surface area contributed by atoms with E-state index in [-0.39, 0.29) is 5.91 Å². The molecule has 100 valence electrons. The van der Waals surface area contributed by atoms with Gasteiger partial charge < -0.3 is 4.90 Å². The van der Waals surface area contributed by atoms with Crippen molar-refractivity contribution in [1.82, 2.24) is 20.0 Å². The van der Waals surface area contributed by atoms with Gasteiger partial charge in [0.05, 0.1) is 18.0 Å². The molecule has 0 N–H and O–H groups in total. The Morgan fingerprint density at radius 3 is 2.95 bits per heavy atom. The van der Waals surface area contributed by atoms with E-state index in [0.717, 1.165) is 32.7 Å². The van der Waals surface area contributed by atoms with Crippen molar-refractivity contribution in [2.75, 3.05) is 32.7 Å². The van der Waals surface area contributed by atoms with Crippen molar-refractivity contribution < 1.29 is 4.79 Å². The summed E-state index contributed by atoms with van der Waals surface area (Å²) >= 11 is 0. The smallest absolute Gasteiger partial charge is 0.255 e. The second-order valence-corrected chi connectivity index (χ2v) is 5.57.